The number of nitrogens with one attached hydrogen (secondary N) is 1. The van der Waals surface area contributed by atoms with E-state index in [1.807, 2.05) is 25.1 Å². The molecule has 0 radical (unpaired) electrons. The molecule has 0 aliphatic rings. The van der Waals surface area contributed by atoms with Crippen LogP contribution in [0.1, 0.15) is 5.82 Å². The summed E-state index contributed by atoms with van der Waals surface area (Å²) in [5, 5.41) is 0. The standard InChI is InChI=1S/C12H14N2O2/c1-8-13-7-11(14-8)10-5-4-9(15-2)6-12(10)16-3/h4-7H,1-3H3,(H,13,14). The molecular weight excluding hydrogens is 204 g/mol. The van der Waals surface area contributed by atoms with E-state index >= 15 is 0 Å². The number of hydrogen-bond acceptors (Lipinski definition) is 3. The van der Waals surface area contributed by atoms with Crippen LogP contribution in [0.5, 0.6) is 11.5 Å². The molecule has 2 rings (SSSR count). The molecule has 0 amide bonds. The molecule has 2 aromatic rings. The number of rotatable bonds is 3. The van der Waals surface area contributed by atoms with Crippen molar-refractivity contribution in [2.75, 3.05) is 14.2 Å². The predicted molar refractivity (Wildman–Crippen MR) is 61.9 cm³/mol. The van der Waals surface area contributed by atoms with E-state index in [1.54, 1.807) is 20.4 Å². The first-order valence-corrected chi connectivity index (χ1v) is 4.98. The van der Waals surface area contributed by atoms with Crippen LogP contribution in [-0.4, -0.2) is 24.2 Å². The topological polar surface area (TPSA) is 47.1 Å². The van der Waals surface area contributed by atoms with Crippen molar-refractivity contribution in [2.24, 2.45) is 0 Å². The molecule has 0 unspecified atom stereocenters. The van der Waals surface area contributed by atoms with Gasteiger partial charge in [-0.3, -0.25) is 0 Å². The van der Waals surface area contributed by atoms with Crippen molar-refractivity contribution in [1.29, 1.82) is 0 Å². The summed E-state index contributed by atoms with van der Waals surface area (Å²) in [5.41, 5.74) is 1.92. The number of nitrogens with zero attached hydrogens (tertiary/aromatic N) is 1. The third-order valence-electron chi connectivity index (χ3n) is 2.40. The zero-order chi connectivity index (χ0) is 11.5. The second-order valence-corrected chi connectivity index (χ2v) is 3.45. The van der Waals surface area contributed by atoms with Crippen molar-refractivity contribution in [3.05, 3.63) is 30.2 Å². The second kappa shape index (κ2) is 4.26. The summed E-state index contributed by atoms with van der Waals surface area (Å²) in [7, 11) is 3.27. The Hall–Kier alpha value is -1.97. The van der Waals surface area contributed by atoms with Crippen LogP contribution in [0.4, 0.5) is 0 Å². The van der Waals surface area contributed by atoms with Crippen LogP contribution < -0.4 is 9.47 Å². The molecule has 1 aromatic heterocycles. The second-order valence-electron chi connectivity index (χ2n) is 3.45. The van der Waals surface area contributed by atoms with Crippen LogP contribution >= 0.6 is 0 Å². The van der Waals surface area contributed by atoms with Crippen LogP contribution in [0.15, 0.2) is 24.4 Å². The van der Waals surface area contributed by atoms with E-state index in [2.05, 4.69) is 9.97 Å². The summed E-state index contributed by atoms with van der Waals surface area (Å²) < 4.78 is 10.5. The lowest BCUT2D eigenvalue weighted by Crippen LogP contribution is -1.90. The lowest BCUT2D eigenvalue weighted by molar-refractivity contribution is 0.395. The third-order valence-corrected chi connectivity index (χ3v) is 2.40. The number of aryl methyl sites for hydroxylation is 1. The number of methoxy groups -OCH3 is 2. The van der Waals surface area contributed by atoms with Crippen LogP contribution in [-0.2, 0) is 0 Å². The highest BCUT2D eigenvalue weighted by Gasteiger charge is 2.08. The van der Waals surface area contributed by atoms with Gasteiger partial charge in [0.1, 0.15) is 17.3 Å². The van der Waals surface area contributed by atoms with E-state index in [0.717, 1.165) is 28.6 Å². The van der Waals surface area contributed by atoms with Gasteiger partial charge in [0.2, 0.25) is 0 Å². The highest BCUT2D eigenvalue weighted by molar-refractivity contribution is 5.68. The number of benzene rings is 1. The van der Waals surface area contributed by atoms with Crippen molar-refractivity contribution in [3.8, 4) is 22.8 Å². The highest BCUT2D eigenvalue weighted by atomic mass is 16.5. The Bertz CT molecular complexity index is 492. The van der Waals surface area contributed by atoms with Crippen molar-refractivity contribution in [2.45, 2.75) is 6.92 Å². The van der Waals surface area contributed by atoms with Gasteiger partial charge in [0.05, 0.1) is 26.1 Å². The summed E-state index contributed by atoms with van der Waals surface area (Å²) in [6, 6.07) is 5.70. The predicted octanol–water partition coefficient (Wildman–Crippen LogP) is 2.40. The maximum Gasteiger partial charge on any atom is 0.131 e. The van der Waals surface area contributed by atoms with Gasteiger partial charge in [-0.25, -0.2) is 4.98 Å². The molecule has 1 N–H and O–H groups in total. The van der Waals surface area contributed by atoms with Crippen molar-refractivity contribution < 1.29 is 9.47 Å². The van der Waals surface area contributed by atoms with Gasteiger partial charge in [0.15, 0.2) is 0 Å². The third kappa shape index (κ3) is 1.86. The number of H-pyrrole nitrogens is 1. The number of aromatic amines is 1. The molecule has 1 heterocycles. The fourth-order valence-corrected chi connectivity index (χ4v) is 1.58. The molecule has 0 saturated carbocycles. The van der Waals surface area contributed by atoms with Gasteiger partial charge in [-0.05, 0) is 19.1 Å². The largest absolute Gasteiger partial charge is 0.497 e. The van der Waals surface area contributed by atoms with Gasteiger partial charge in [-0.2, -0.15) is 0 Å². The molecule has 0 aliphatic heterocycles. The van der Waals surface area contributed by atoms with Crippen LogP contribution in [0.2, 0.25) is 0 Å². The lowest BCUT2D eigenvalue weighted by Gasteiger charge is -2.08. The number of aromatic nitrogens is 2. The number of hydrogen-bond donors (Lipinski definition) is 1. The molecule has 4 heteroatoms. The Kier molecular flexibility index (Phi) is 2.81. The van der Waals surface area contributed by atoms with E-state index in [9.17, 15) is 0 Å². The Balaban J connectivity index is 2.48. The molecule has 0 atom stereocenters. The fourth-order valence-electron chi connectivity index (χ4n) is 1.58. The average molecular weight is 218 g/mol. The van der Waals surface area contributed by atoms with E-state index < -0.39 is 0 Å². The molecule has 0 saturated heterocycles. The zero-order valence-corrected chi connectivity index (χ0v) is 9.57. The van der Waals surface area contributed by atoms with E-state index in [1.165, 1.54) is 0 Å². The average Bonchev–Trinajstić information content (AvgIpc) is 2.74. The normalized spacial score (nSPS) is 10.2. The molecule has 4 nitrogen and oxygen atoms in total. The Morgan fingerprint density at radius 2 is 2.00 bits per heavy atom. The Labute approximate surface area is 94.2 Å². The van der Waals surface area contributed by atoms with Gasteiger partial charge in [-0.15, -0.1) is 0 Å². The van der Waals surface area contributed by atoms with E-state index in [4.69, 9.17) is 9.47 Å². The van der Waals surface area contributed by atoms with E-state index in [0.29, 0.717) is 0 Å². The van der Waals surface area contributed by atoms with E-state index in [-0.39, 0.29) is 0 Å². The molecule has 16 heavy (non-hydrogen) atoms. The minimum absolute atomic E-state index is 0.767. The van der Waals surface area contributed by atoms with Gasteiger partial charge < -0.3 is 14.5 Å². The first-order chi connectivity index (χ1) is 7.74. The lowest BCUT2D eigenvalue weighted by atomic mass is 10.1. The summed E-state index contributed by atoms with van der Waals surface area (Å²) >= 11 is 0. The zero-order valence-electron chi connectivity index (χ0n) is 9.57. The summed E-state index contributed by atoms with van der Waals surface area (Å²) in [4.78, 5) is 7.34. The fraction of sp³-hybridized carbons (Fsp3) is 0.250. The van der Waals surface area contributed by atoms with Crippen LogP contribution in [0.3, 0.4) is 0 Å². The molecule has 0 aliphatic carbocycles. The molecular formula is C12H14N2O2. The quantitative estimate of drug-likeness (QED) is 0.860. The molecule has 1 aromatic carbocycles. The first kappa shape index (κ1) is 10.5. The van der Waals surface area contributed by atoms with Crippen LogP contribution in [0.25, 0.3) is 11.3 Å². The molecule has 0 bridgehead atoms. The molecule has 0 spiro atoms. The molecule has 84 valence electrons. The van der Waals surface area contributed by atoms with Gasteiger partial charge in [-0.1, -0.05) is 0 Å². The smallest absolute Gasteiger partial charge is 0.131 e. The van der Waals surface area contributed by atoms with Crippen molar-refractivity contribution in [3.63, 3.8) is 0 Å². The Morgan fingerprint density at radius 3 is 2.56 bits per heavy atom. The minimum Gasteiger partial charge on any atom is -0.497 e. The van der Waals surface area contributed by atoms with Gasteiger partial charge >= 0.3 is 0 Å². The van der Waals surface area contributed by atoms with Crippen molar-refractivity contribution >= 4 is 0 Å². The SMILES string of the molecule is COc1ccc(-c2cnc(C)[nH]2)c(OC)c1. The van der Waals surface area contributed by atoms with Gasteiger partial charge in [0.25, 0.3) is 0 Å². The number of imidazole rings is 1. The first-order valence-electron chi connectivity index (χ1n) is 4.98. The summed E-state index contributed by atoms with van der Waals surface area (Å²) in [6.07, 6.45) is 1.79. The highest BCUT2D eigenvalue weighted by Crippen LogP contribution is 2.31. The van der Waals surface area contributed by atoms with Crippen LogP contribution in [0, 0.1) is 6.92 Å². The van der Waals surface area contributed by atoms with Crippen molar-refractivity contribution in [1.82, 2.24) is 9.97 Å². The molecule has 0 fully saturated rings. The maximum atomic E-state index is 5.32. The minimum atomic E-state index is 0.767. The van der Waals surface area contributed by atoms with Gasteiger partial charge in [0, 0.05) is 11.6 Å². The summed E-state index contributed by atoms with van der Waals surface area (Å²) in [6.45, 7) is 1.92. The Morgan fingerprint density at radius 1 is 1.19 bits per heavy atom. The summed E-state index contributed by atoms with van der Waals surface area (Å²) in [5.74, 6) is 2.42. The number of ether oxygens (including phenoxy) is 2. The maximum absolute atomic E-state index is 5.32. The monoisotopic (exact) mass is 218 g/mol.